The van der Waals surface area contributed by atoms with Gasteiger partial charge in [0.15, 0.2) is 0 Å². The number of carbonyl (C=O) groups excluding carboxylic acids is 2. The Labute approximate surface area is 166 Å². The molecule has 2 bridgehead atoms. The molecule has 6 heteroatoms. The van der Waals surface area contributed by atoms with E-state index in [9.17, 15) is 9.59 Å². The summed E-state index contributed by atoms with van der Waals surface area (Å²) in [6.07, 6.45) is 2.19. The molecule has 2 aliphatic rings. The summed E-state index contributed by atoms with van der Waals surface area (Å²) in [6, 6.07) is 6.78. The van der Waals surface area contributed by atoms with Crippen molar-refractivity contribution in [1.29, 1.82) is 0 Å². The van der Waals surface area contributed by atoms with E-state index in [1.165, 1.54) is 0 Å². The maximum Gasteiger partial charge on any atom is 0.365 e. The number of methoxy groups -OCH3 is 1. The first kappa shape index (κ1) is 20.4. The van der Waals surface area contributed by atoms with Crippen LogP contribution in [-0.2, 0) is 9.63 Å². The number of carbonyl (C=O) groups is 2. The lowest BCUT2D eigenvalue weighted by atomic mass is 9.64. The van der Waals surface area contributed by atoms with Crippen molar-refractivity contribution < 1.29 is 19.2 Å². The van der Waals surface area contributed by atoms with E-state index in [2.05, 4.69) is 31.2 Å². The lowest BCUT2D eigenvalue weighted by Gasteiger charge is -2.39. The minimum atomic E-state index is -0.516. The summed E-state index contributed by atoms with van der Waals surface area (Å²) in [4.78, 5) is 30.7. The Morgan fingerprint density at radius 2 is 1.75 bits per heavy atom. The van der Waals surface area contributed by atoms with Gasteiger partial charge in [0, 0.05) is 17.9 Å². The Balaban J connectivity index is 1.83. The molecule has 0 heterocycles. The summed E-state index contributed by atoms with van der Waals surface area (Å²) < 4.78 is 5.10. The molecule has 2 aliphatic carbocycles. The van der Waals surface area contributed by atoms with E-state index in [0.29, 0.717) is 17.7 Å². The summed E-state index contributed by atoms with van der Waals surface area (Å²) >= 11 is 0. The number of amides is 1. The van der Waals surface area contributed by atoms with E-state index in [1.807, 2.05) is 13.8 Å². The lowest BCUT2D eigenvalue weighted by Crippen LogP contribution is -2.48. The van der Waals surface area contributed by atoms with Crippen LogP contribution in [0.3, 0.4) is 0 Å². The first-order valence-corrected chi connectivity index (χ1v) is 9.81. The zero-order chi connectivity index (χ0) is 20.7. The number of hydrogen-bond donors (Lipinski definition) is 1. The molecule has 152 valence electrons. The topological polar surface area (TPSA) is 77.0 Å². The number of rotatable bonds is 5. The number of benzene rings is 1. The smallest absolute Gasteiger partial charge is 0.365 e. The van der Waals surface area contributed by atoms with Crippen molar-refractivity contribution in [3.05, 3.63) is 29.8 Å². The van der Waals surface area contributed by atoms with Crippen molar-refractivity contribution in [2.24, 2.45) is 21.4 Å². The number of fused-ring (bicyclic) bond motifs is 2. The maximum absolute atomic E-state index is 13.1. The fourth-order valence-electron chi connectivity index (χ4n) is 4.80. The predicted octanol–water partition coefficient (Wildman–Crippen LogP) is 3.95. The second-order valence-corrected chi connectivity index (χ2v) is 8.99. The number of oxime groups is 1. The van der Waals surface area contributed by atoms with Crippen LogP contribution < -0.4 is 10.1 Å². The van der Waals surface area contributed by atoms with E-state index in [-0.39, 0.29) is 22.8 Å². The molecule has 0 aliphatic heterocycles. The van der Waals surface area contributed by atoms with Crippen LogP contribution >= 0.6 is 0 Å². The van der Waals surface area contributed by atoms with Crippen molar-refractivity contribution in [1.82, 2.24) is 5.32 Å². The second kappa shape index (κ2) is 6.90. The molecule has 2 saturated carbocycles. The Kier molecular flexibility index (Phi) is 5.02. The third kappa shape index (κ3) is 2.90. The molecule has 2 unspecified atom stereocenters. The fourth-order valence-corrected chi connectivity index (χ4v) is 4.80. The van der Waals surface area contributed by atoms with Gasteiger partial charge < -0.3 is 14.9 Å². The summed E-state index contributed by atoms with van der Waals surface area (Å²) in [7, 11) is 1.57. The van der Waals surface area contributed by atoms with Crippen LogP contribution in [0.5, 0.6) is 5.75 Å². The van der Waals surface area contributed by atoms with Gasteiger partial charge >= 0.3 is 5.97 Å². The van der Waals surface area contributed by atoms with Crippen LogP contribution in [0.1, 0.15) is 64.2 Å². The van der Waals surface area contributed by atoms with Crippen LogP contribution in [0.25, 0.3) is 0 Å². The Bertz CT molecular complexity index is 812. The Hall–Kier alpha value is -2.37. The monoisotopic (exact) mass is 386 g/mol. The molecule has 1 aromatic rings. The van der Waals surface area contributed by atoms with E-state index in [0.717, 1.165) is 18.6 Å². The molecule has 6 nitrogen and oxygen atoms in total. The van der Waals surface area contributed by atoms with Crippen LogP contribution in [0.15, 0.2) is 29.4 Å². The summed E-state index contributed by atoms with van der Waals surface area (Å²) in [5, 5.41) is 7.34. The minimum Gasteiger partial charge on any atom is -0.497 e. The van der Waals surface area contributed by atoms with Crippen molar-refractivity contribution in [3.8, 4) is 5.75 Å². The molecular formula is C22H30N2O4. The zero-order valence-corrected chi connectivity index (χ0v) is 17.6. The first-order chi connectivity index (χ1) is 13.1. The Morgan fingerprint density at radius 3 is 2.32 bits per heavy atom. The van der Waals surface area contributed by atoms with Crippen molar-refractivity contribution in [2.45, 2.75) is 59.9 Å². The van der Waals surface area contributed by atoms with Crippen LogP contribution in [-0.4, -0.2) is 30.7 Å². The van der Waals surface area contributed by atoms with E-state index >= 15 is 0 Å². The zero-order valence-electron chi connectivity index (χ0n) is 17.6. The predicted molar refractivity (Wildman–Crippen MR) is 107 cm³/mol. The second-order valence-electron chi connectivity index (χ2n) is 8.99. The number of nitrogens with zero attached hydrogens (tertiary/aromatic N) is 1. The minimum absolute atomic E-state index is 0.0721. The highest BCUT2D eigenvalue weighted by atomic mass is 16.7. The summed E-state index contributed by atoms with van der Waals surface area (Å²) in [6.45, 7) is 10.3. The van der Waals surface area contributed by atoms with Gasteiger partial charge in [-0.25, -0.2) is 4.79 Å². The molecule has 28 heavy (non-hydrogen) atoms. The van der Waals surface area contributed by atoms with Crippen LogP contribution in [0, 0.1) is 16.2 Å². The maximum atomic E-state index is 13.1. The summed E-state index contributed by atoms with van der Waals surface area (Å²) in [5.41, 5.74) is 0.137. The lowest BCUT2D eigenvalue weighted by molar-refractivity contribution is -0.136. The average molecular weight is 386 g/mol. The van der Waals surface area contributed by atoms with Crippen molar-refractivity contribution >= 4 is 17.6 Å². The molecule has 2 fully saturated rings. The van der Waals surface area contributed by atoms with E-state index in [4.69, 9.17) is 9.57 Å². The van der Waals surface area contributed by atoms with Gasteiger partial charge in [0.2, 0.25) is 5.91 Å². The standard InChI is InChI=1S/C22H30N2O4/c1-14(2)23-19(26)22-12-11-21(5,20(22,3)4)17(13-22)24-28-18(25)15-7-9-16(27-6)10-8-15/h7-10,14H,11-13H2,1-6H3,(H,23,26)/b24-17-. The molecular weight excluding hydrogens is 356 g/mol. The fraction of sp³-hybridized carbons (Fsp3) is 0.591. The molecule has 0 aromatic heterocycles. The highest BCUT2D eigenvalue weighted by Gasteiger charge is 2.71. The molecule has 2 atom stereocenters. The van der Waals surface area contributed by atoms with Crippen molar-refractivity contribution in [3.63, 3.8) is 0 Å². The highest BCUT2D eigenvalue weighted by molar-refractivity contribution is 6.02. The van der Waals surface area contributed by atoms with E-state index in [1.54, 1.807) is 31.4 Å². The van der Waals surface area contributed by atoms with Gasteiger partial charge in [-0.15, -0.1) is 0 Å². The average Bonchev–Trinajstić information content (AvgIpc) is 2.96. The molecule has 3 rings (SSSR count). The molecule has 1 amide bonds. The first-order valence-electron chi connectivity index (χ1n) is 9.81. The van der Waals surface area contributed by atoms with Gasteiger partial charge in [-0.3, -0.25) is 4.79 Å². The van der Waals surface area contributed by atoms with Gasteiger partial charge in [0.05, 0.1) is 23.8 Å². The third-order valence-corrected chi connectivity index (χ3v) is 7.15. The van der Waals surface area contributed by atoms with Gasteiger partial charge in [-0.05, 0) is 56.4 Å². The number of hydrogen-bond acceptors (Lipinski definition) is 5. The van der Waals surface area contributed by atoms with Gasteiger partial charge in [0.1, 0.15) is 5.75 Å². The third-order valence-electron chi connectivity index (χ3n) is 7.15. The SMILES string of the molecule is COc1ccc(C(=O)O/N=C2/CC3(C(=O)NC(C)C)CCC2(C)C3(C)C)cc1. The van der Waals surface area contributed by atoms with Crippen LogP contribution in [0.4, 0.5) is 0 Å². The molecule has 1 aromatic carbocycles. The van der Waals surface area contributed by atoms with Gasteiger partial charge in [0.25, 0.3) is 0 Å². The number of nitrogens with one attached hydrogen (secondary N) is 1. The highest BCUT2D eigenvalue weighted by Crippen LogP contribution is 2.71. The van der Waals surface area contributed by atoms with Crippen LogP contribution in [0.2, 0.25) is 0 Å². The molecule has 0 spiro atoms. The van der Waals surface area contributed by atoms with Gasteiger partial charge in [-0.1, -0.05) is 25.9 Å². The largest absolute Gasteiger partial charge is 0.497 e. The molecule has 0 saturated heterocycles. The quantitative estimate of drug-likeness (QED) is 0.614. The van der Waals surface area contributed by atoms with Crippen molar-refractivity contribution in [2.75, 3.05) is 7.11 Å². The van der Waals surface area contributed by atoms with E-state index < -0.39 is 11.4 Å². The Morgan fingerprint density at radius 1 is 1.11 bits per heavy atom. The molecule has 0 radical (unpaired) electrons. The number of ether oxygens (including phenoxy) is 1. The molecule has 1 N–H and O–H groups in total. The summed E-state index contributed by atoms with van der Waals surface area (Å²) in [5.74, 6) is 0.228. The normalized spacial score (nSPS) is 29.2. The van der Waals surface area contributed by atoms with Gasteiger partial charge in [-0.2, -0.15) is 0 Å².